The Morgan fingerprint density at radius 2 is 2.11 bits per heavy atom. The largest absolute Gasteiger partial charge is 0.398 e. The maximum atomic E-state index is 12.0. The summed E-state index contributed by atoms with van der Waals surface area (Å²) in [7, 11) is 0. The molecule has 4 nitrogen and oxygen atoms in total. The second-order valence-corrected chi connectivity index (χ2v) is 5.76. The lowest BCUT2D eigenvalue weighted by Gasteiger charge is -2.22. The maximum absolute atomic E-state index is 12.0. The van der Waals surface area contributed by atoms with Crippen LogP contribution in [-0.2, 0) is 0 Å². The van der Waals surface area contributed by atoms with Crippen molar-refractivity contribution in [1.82, 2.24) is 5.32 Å². The summed E-state index contributed by atoms with van der Waals surface area (Å²) in [5.74, 6) is -0.242. The van der Waals surface area contributed by atoms with Crippen molar-refractivity contribution in [3.63, 3.8) is 0 Å². The molecule has 1 aliphatic carbocycles. The highest BCUT2D eigenvalue weighted by atomic mass is 79.9. The van der Waals surface area contributed by atoms with Crippen LogP contribution < -0.4 is 11.1 Å². The molecule has 0 aromatic heterocycles. The number of aliphatic hydroxyl groups is 1. The monoisotopic (exact) mass is 312 g/mol. The average molecular weight is 313 g/mol. The van der Waals surface area contributed by atoms with Crippen LogP contribution in [0.4, 0.5) is 5.69 Å². The summed E-state index contributed by atoms with van der Waals surface area (Å²) in [6.45, 7) is 0.289. The highest BCUT2D eigenvalue weighted by Crippen LogP contribution is 2.28. The van der Waals surface area contributed by atoms with Crippen LogP contribution in [0.5, 0.6) is 0 Å². The van der Waals surface area contributed by atoms with Gasteiger partial charge in [0, 0.05) is 16.7 Å². The number of amides is 1. The Hall–Kier alpha value is -1.07. The average Bonchev–Trinajstić information content (AvgIpc) is 2.77. The van der Waals surface area contributed by atoms with Crippen LogP contribution in [0.2, 0.25) is 0 Å². The van der Waals surface area contributed by atoms with Gasteiger partial charge in [-0.15, -0.1) is 0 Å². The van der Waals surface area contributed by atoms with E-state index in [4.69, 9.17) is 5.73 Å². The van der Waals surface area contributed by atoms with Gasteiger partial charge in [0.2, 0.25) is 0 Å². The zero-order chi connectivity index (χ0) is 13.2. The third kappa shape index (κ3) is 3.03. The first-order valence-corrected chi connectivity index (χ1v) is 6.85. The zero-order valence-electron chi connectivity index (χ0n) is 10.1. The van der Waals surface area contributed by atoms with Crippen LogP contribution in [0.25, 0.3) is 0 Å². The fourth-order valence-corrected chi connectivity index (χ4v) is 2.64. The molecule has 1 aromatic carbocycles. The Morgan fingerprint density at radius 3 is 2.78 bits per heavy atom. The lowest BCUT2D eigenvalue weighted by Crippen LogP contribution is -2.40. The number of halogens is 1. The Kier molecular flexibility index (Phi) is 3.92. The van der Waals surface area contributed by atoms with E-state index in [1.807, 2.05) is 0 Å². The number of anilines is 1. The first-order valence-electron chi connectivity index (χ1n) is 6.06. The highest BCUT2D eigenvalue weighted by molar-refractivity contribution is 9.10. The van der Waals surface area contributed by atoms with E-state index in [-0.39, 0.29) is 12.5 Å². The molecule has 1 aliphatic rings. The molecule has 4 N–H and O–H groups in total. The molecule has 0 radical (unpaired) electrons. The second kappa shape index (κ2) is 5.28. The van der Waals surface area contributed by atoms with Gasteiger partial charge in [-0.3, -0.25) is 4.79 Å². The van der Waals surface area contributed by atoms with Crippen LogP contribution in [0.15, 0.2) is 22.7 Å². The molecular formula is C13H17BrN2O2. The van der Waals surface area contributed by atoms with Gasteiger partial charge in [0.15, 0.2) is 0 Å². The third-order valence-corrected chi connectivity index (χ3v) is 3.87. The minimum Gasteiger partial charge on any atom is -0.398 e. The standard InChI is InChI=1S/C13H17BrN2O2/c14-9-3-4-11(15)10(7-9)12(17)16-8-13(18)5-1-2-6-13/h3-4,7,18H,1-2,5-6,8,15H2,(H,16,17). The molecule has 2 rings (SSSR count). The fourth-order valence-electron chi connectivity index (χ4n) is 2.28. The lowest BCUT2D eigenvalue weighted by molar-refractivity contribution is 0.0450. The van der Waals surface area contributed by atoms with Gasteiger partial charge in [0.25, 0.3) is 5.91 Å². The smallest absolute Gasteiger partial charge is 0.253 e. The van der Waals surface area contributed by atoms with Gasteiger partial charge in [-0.05, 0) is 31.0 Å². The number of nitrogens with two attached hydrogens (primary N) is 1. The number of rotatable bonds is 3. The Labute approximate surface area is 115 Å². The summed E-state index contributed by atoms with van der Waals surface area (Å²) in [6.07, 6.45) is 3.54. The number of hydrogen-bond donors (Lipinski definition) is 3. The molecule has 0 unspecified atom stereocenters. The molecule has 1 saturated carbocycles. The molecule has 1 amide bonds. The SMILES string of the molecule is Nc1ccc(Br)cc1C(=O)NCC1(O)CCCC1. The minimum absolute atomic E-state index is 0.242. The number of nitrogens with one attached hydrogen (secondary N) is 1. The van der Waals surface area contributed by atoms with Gasteiger partial charge >= 0.3 is 0 Å². The summed E-state index contributed by atoms with van der Waals surface area (Å²) < 4.78 is 0.807. The number of nitrogen functional groups attached to an aromatic ring is 1. The minimum atomic E-state index is -0.740. The van der Waals surface area contributed by atoms with E-state index >= 15 is 0 Å². The van der Waals surface area contributed by atoms with Crippen molar-refractivity contribution in [2.45, 2.75) is 31.3 Å². The Balaban J connectivity index is 2.01. The zero-order valence-corrected chi connectivity index (χ0v) is 11.7. The van der Waals surface area contributed by atoms with Crippen molar-refractivity contribution in [2.24, 2.45) is 0 Å². The normalized spacial score (nSPS) is 17.7. The summed E-state index contributed by atoms with van der Waals surface area (Å²) >= 11 is 3.31. The molecule has 1 aromatic rings. The predicted molar refractivity (Wildman–Crippen MR) is 74.3 cm³/mol. The van der Waals surface area contributed by atoms with Crippen LogP contribution in [0.1, 0.15) is 36.0 Å². The molecule has 0 heterocycles. The Morgan fingerprint density at radius 1 is 1.44 bits per heavy atom. The van der Waals surface area contributed by atoms with E-state index in [1.54, 1.807) is 18.2 Å². The van der Waals surface area contributed by atoms with E-state index in [0.29, 0.717) is 11.3 Å². The van der Waals surface area contributed by atoms with E-state index in [9.17, 15) is 9.90 Å². The van der Waals surface area contributed by atoms with Crippen molar-refractivity contribution in [3.8, 4) is 0 Å². The van der Waals surface area contributed by atoms with E-state index in [0.717, 1.165) is 30.2 Å². The van der Waals surface area contributed by atoms with Gasteiger partial charge in [-0.1, -0.05) is 28.8 Å². The molecule has 0 bridgehead atoms. The third-order valence-electron chi connectivity index (χ3n) is 3.37. The molecule has 0 spiro atoms. The van der Waals surface area contributed by atoms with Crippen LogP contribution in [0, 0.1) is 0 Å². The lowest BCUT2D eigenvalue weighted by atomic mass is 10.0. The van der Waals surface area contributed by atoms with Crippen molar-refractivity contribution in [3.05, 3.63) is 28.2 Å². The molecular weight excluding hydrogens is 296 g/mol. The summed E-state index contributed by atoms with van der Waals surface area (Å²) in [5.41, 5.74) is 5.90. The molecule has 18 heavy (non-hydrogen) atoms. The van der Waals surface area contributed by atoms with E-state index in [1.165, 1.54) is 0 Å². The molecule has 5 heteroatoms. The quantitative estimate of drug-likeness (QED) is 0.748. The summed E-state index contributed by atoms with van der Waals surface area (Å²) in [6, 6.07) is 5.16. The van der Waals surface area contributed by atoms with Crippen LogP contribution >= 0.6 is 15.9 Å². The molecule has 0 saturated heterocycles. The first-order chi connectivity index (χ1) is 8.50. The van der Waals surface area contributed by atoms with Crippen molar-refractivity contribution >= 4 is 27.5 Å². The Bertz CT molecular complexity index is 456. The predicted octanol–water partition coefficient (Wildman–Crippen LogP) is 2.07. The molecule has 0 atom stereocenters. The fraction of sp³-hybridized carbons (Fsp3) is 0.462. The number of benzene rings is 1. The van der Waals surface area contributed by atoms with Crippen LogP contribution in [-0.4, -0.2) is 23.2 Å². The van der Waals surface area contributed by atoms with Gasteiger partial charge in [0.05, 0.1) is 11.2 Å². The van der Waals surface area contributed by atoms with Crippen molar-refractivity contribution < 1.29 is 9.90 Å². The first kappa shape index (κ1) is 13.4. The highest BCUT2D eigenvalue weighted by Gasteiger charge is 2.31. The second-order valence-electron chi connectivity index (χ2n) is 4.85. The maximum Gasteiger partial charge on any atom is 0.253 e. The number of carbonyl (C=O) groups excluding carboxylic acids is 1. The molecule has 0 aliphatic heterocycles. The van der Waals surface area contributed by atoms with E-state index in [2.05, 4.69) is 21.2 Å². The number of carbonyl (C=O) groups is 1. The summed E-state index contributed by atoms with van der Waals surface area (Å²) in [5, 5.41) is 12.9. The van der Waals surface area contributed by atoms with Crippen LogP contribution in [0.3, 0.4) is 0 Å². The number of hydrogen-bond acceptors (Lipinski definition) is 3. The van der Waals surface area contributed by atoms with E-state index < -0.39 is 5.60 Å². The van der Waals surface area contributed by atoms with Gasteiger partial charge in [0.1, 0.15) is 0 Å². The topological polar surface area (TPSA) is 75.4 Å². The van der Waals surface area contributed by atoms with Gasteiger partial charge < -0.3 is 16.2 Å². The van der Waals surface area contributed by atoms with Crippen molar-refractivity contribution in [2.75, 3.05) is 12.3 Å². The van der Waals surface area contributed by atoms with Gasteiger partial charge in [-0.25, -0.2) is 0 Å². The molecule has 1 fully saturated rings. The van der Waals surface area contributed by atoms with Crippen molar-refractivity contribution in [1.29, 1.82) is 0 Å². The summed E-state index contributed by atoms with van der Waals surface area (Å²) in [4.78, 5) is 12.0. The molecule has 98 valence electrons. The van der Waals surface area contributed by atoms with Gasteiger partial charge in [-0.2, -0.15) is 0 Å².